The topological polar surface area (TPSA) is 44.8 Å². The normalized spacial score (nSPS) is 22.9. The van der Waals surface area contributed by atoms with Gasteiger partial charge in [0.1, 0.15) is 6.29 Å². The van der Waals surface area contributed by atoms with Gasteiger partial charge in [0.05, 0.1) is 18.6 Å². The van der Waals surface area contributed by atoms with E-state index in [0.29, 0.717) is 26.4 Å². The summed E-state index contributed by atoms with van der Waals surface area (Å²) in [5.74, 6) is 0. The van der Waals surface area contributed by atoms with Gasteiger partial charge in [0.15, 0.2) is 6.29 Å². The lowest BCUT2D eigenvalue weighted by Crippen LogP contribution is -2.35. The van der Waals surface area contributed by atoms with Crippen LogP contribution in [0.15, 0.2) is 22.7 Å². The zero-order chi connectivity index (χ0) is 14.0. The van der Waals surface area contributed by atoms with E-state index in [1.54, 1.807) is 0 Å². The zero-order valence-corrected chi connectivity index (χ0v) is 12.7. The minimum Gasteiger partial charge on any atom is -0.381 e. The molecule has 2 heterocycles. The van der Waals surface area contributed by atoms with Crippen molar-refractivity contribution < 1.29 is 19.0 Å². The molecular formula is C15H17BrO4. The predicted molar refractivity (Wildman–Crippen MR) is 76.6 cm³/mol. The Morgan fingerprint density at radius 3 is 2.45 bits per heavy atom. The van der Waals surface area contributed by atoms with E-state index in [4.69, 9.17) is 14.2 Å². The van der Waals surface area contributed by atoms with Crippen LogP contribution >= 0.6 is 15.9 Å². The molecule has 0 atom stereocenters. The van der Waals surface area contributed by atoms with Crippen molar-refractivity contribution in [3.05, 3.63) is 33.8 Å². The molecule has 0 aliphatic carbocycles. The first-order chi connectivity index (χ1) is 9.73. The molecule has 0 bridgehead atoms. The second-order valence-corrected chi connectivity index (χ2v) is 6.15. The van der Waals surface area contributed by atoms with Crippen molar-refractivity contribution in [1.29, 1.82) is 0 Å². The third-order valence-electron chi connectivity index (χ3n) is 4.00. The highest BCUT2D eigenvalue weighted by atomic mass is 79.9. The van der Waals surface area contributed by atoms with E-state index in [0.717, 1.165) is 34.7 Å². The van der Waals surface area contributed by atoms with Crippen LogP contribution in [-0.4, -0.2) is 32.7 Å². The lowest BCUT2D eigenvalue weighted by molar-refractivity contribution is -0.115. The van der Waals surface area contributed by atoms with Crippen molar-refractivity contribution in [1.82, 2.24) is 0 Å². The van der Waals surface area contributed by atoms with Crippen molar-refractivity contribution in [2.45, 2.75) is 24.5 Å². The molecule has 0 radical (unpaired) electrons. The molecule has 2 saturated heterocycles. The van der Waals surface area contributed by atoms with Crippen LogP contribution in [0.5, 0.6) is 0 Å². The van der Waals surface area contributed by atoms with Crippen molar-refractivity contribution >= 4 is 22.2 Å². The molecule has 0 unspecified atom stereocenters. The van der Waals surface area contributed by atoms with E-state index in [9.17, 15) is 4.79 Å². The van der Waals surface area contributed by atoms with Gasteiger partial charge in [0, 0.05) is 23.2 Å². The fourth-order valence-electron chi connectivity index (χ4n) is 2.80. The van der Waals surface area contributed by atoms with Crippen LogP contribution in [0.3, 0.4) is 0 Å². The van der Waals surface area contributed by atoms with Crippen molar-refractivity contribution in [2.24, 2.45) is 0 Å². The molecule has 2 fully saturated rings. The molecule has 108 valence electrons. The Labute approximate surface area is 126 Å². The molecule has 0 saturated carbocycles. The smallest absolute Gasteiger partial charge is 0.184 e. The monoisotopic (exact) mass is 340 g/mol. The molecule has 5 heteroatoms. The maximum Gasteiger partial charge on any atom is 0.184 e. The van der Waals surface area contributed by atoms with Crippen LogP contribution < -0.4 is 0 Å². The van der Waals surface area contributed by atoms with Gasteiger partial charge in [0.2, 0.25) is 0 Å². The van der Waals surface area contributed by atoms with E-state index >= 15 is 0 Å². The lowest BCUT2D eigenvalue weighted by atomic mass is 9.75. The summed E-state index contributed by atoms with van der Waals surface area (Å²) >= 11 is 3.52. The van der Waals surface area contributed by atoms with Crippen molar-refractivity contribution in [2.75, 3.05) is 26.4 Å². The number of aldehydes is 1. The summed E-state index contributed by atoms with van der Waals surface area (Å²) in [5.41, 5.74) is 1.52. The lowest BCUT2D eigenvalue weighted by Gasteiger charge is -2.33. The number of rotatable bonds is 3. The number of carbonyl (C=O) groups is 1. The van der Waals surface area contributed by atoms with Crippen LogP contribution in [0.1, 0.15) is 30.3 Å². The molecule has 1 aromatic carbocycles. The van der Waals surface area contributed by atoms with Crippen LogP contribution in [0, 0.1) is 0 Å². The summed E-state index contributed by atoms with van der Waals surface area (Å²) in [5, 5.41) is 0. The average molecular weight is 341 g/mol. The molecule has 0 aromatic heterocycles. The maximum atomic E-state index is 11.7. The predicted octanol–water partition coefficient (Wildman–Crippen LogP) is 2.74. The van der Waals surface area contributed by atoms with Gasteiger partial charge in [-0.15, -0.1) is 0 Å². The Bertz CT molecular complexity index is 491. The SMILES string of the molecule is O=CC1(c2cc(Br)cc(C3OCCO3)c2)CCOCC1. The van der Waals surface area contributed by atoms with Crippen LogP contribution in [0.25, 0.3) is 0 Å². The summed E-state index contributed by atoms with van der Waals surface area (Å²) in [7, 11) is 0. The molecule has 3 rings (SSSR count). The van der Waals surface area contributed by atoms with Gasteiger partial charge in [0.25, 0.3) is 0 Å². The quantitative estimate of drug-likeness (QED) is 0.793. The molecule has 0 amide bonds. The highest BCUT2D eigenvalue weighted by Gasteiger charge is 2.35. The number of benzene rings is 1. The molecular weight excluding hydrogens is 324 g/mol. The van der Waals surface area contributed by atoms with Crippen molar-refractivity contribution in [3.8, 4) is 0 Å². The fourth-order valence-corrected chi connectivity index (χ4v) is 3.31. The first kappa shape index (κ1) is 14.2. The number of hydrogen-bond acceptors (Lipinski definition) is 4. The standard InChI is InChI=1S/C15H17BrO4/c16-13-8-11(14-19-5-6-20-14)7-12(9-13)15(10-17)1-3-18-4-2-15/h7-10,14H,1-6H2. The molecule has 0 spiro atoms. The molecule has 4 nitrogen and oxygen atoms in total. The molecule has 2 aliphatic heterocycles. The van der Waals surface area contributed by atoms with Gasteiger partial charge in [-0.2, -0.15) is 0 Å². The summed E-state index contributed by atoms with van der Waals surface area (Å²) in [6.07, 6.45) is 2.18. The van der Waals surface area contributed by atoms with Crippen LogP contribution in [0.4, 0.5) is 0 Å². The second kappa shape index (κ2) is 5.93. The van der Waals surface area contributed by atoms with Crippen LogP contribution in [-0.2, 0) is 24.4 Å². The number of halogens is 1. The summed E-state index contributed by atoms with van der Waals surface area (Å²) in [4.78, 5) is 11.7. The third-order valence-corrected chi connectivity index (χ3v) is 4.46. The van der Waals surface area contributed by atoms with Gasteiger partial charge in [-0.1, -0.05) is 15.9 Å². The highest BCUT2D eigenvalue weighted by Crippen LogP contribution is 2.37. The minimum absolute atomic E-state index is 0.324. The van der Waals surface area contributed by atoms with E-state index in [1.165, 1.54) is 0 Å². The molecule has 1 aromatic rings. The van der Waals surface area contributed by atoms with Crippen molar-refractivity contribution in [3.63, 3.8) is 0 Å². The Morgan fingerprint density at radius 1 is 1.10 bits per heavy atom. The van der Waals surface area contributed by atoms with E-state index < -0.39 is 5.41 Å². The van der Waals surface area contributed by atoms with E-state index in [1.807, 2.05) is 18.2 Å². The van der Waals surface area contributed by atoms with E-state index in [-0.39, 0.29) is 6.29 Å². The first-order valence-electron chi connectivity index (χ1n) is 6.82. The first-order valence-corrected chi connectivity index (χ1v) is 7.61. The second-order valence-electron chi connectivity index (χ2n) is 5.23. The Kier molecular flexibility index (Phi) is 4.21. The van der Waals surface area contributed by atoms with Gasteiger partial charge in [-0.3, -0.25) is 0 Å². The van der Waals surface area contributed by atoms with Gasteiger partial charge < -0.3 is 19.0 Å². The van der Waals surface area contributed by atoms with Crippen LogP contribution in [0.2, 0.25) is 0 Å². The highest BCUT2D eigenvalue weighted by molar-refractivity contribution is 9.10. The summed E-state index contributed by atoms with van der Waals surface area (Å²) in [6, 6.07) is 6.02. The third kappa shape index (κ3) is 2.68. The zero-order valence-electron chi connectivity index (χ0n) is 11.1. The number of hydrogen-bond donors (Lipinski definition) is 0. The molecule has 20 heavy (non-hydrogen) atoms. The maximum absolute atomic E-state index is 11.7. The number of carbonyl (C=O) groups excluding carboxylic acids is 1. The minimum atomic E-state index is -0.449. The van der Waals surface area contributed by atoms with Gasteiger partial charge >= 0.3 is 0 Å². The largest absolute Gasteiger partial charge is 0.381 e. The Morgan fingerprint density at radius 2 is 1.80 bits per heavy atom. The summed E-state index contributed by atoms with van der Waals surface area (Å²) < 4.78 is 17.4. The molecule has 2 aliphatic rings. The Hall–Kier alpha value is -0.750. The van der Waals surface area contributed by atoms with Gasteiger partial charge in [-0.25, -0.2) is 0 Å². The number of ether oxygens (including phenoxy) is 3. The van der Waals surface area contributed by atoms with Gasteiger partial charge in [-0.05, 0) is 36.6 Å². The average Bonchev–Trinajstić information content (AvgIpc) is 3.01. The molecule has 0 N–H and O–H groups in total. The summed E-state index contributed by atoms with van der Waals surface area (Å²) in [6.45, 7) is 2.46. The fraction of sp³-hybridized carbons (Fsp3) is 0.533. The Balaban J connectivity index is 1.97. The van der Waals surface area contributed by atoms with E-state index in [2.05, 4.69) is 15.9 Å².